The second kappa shape index (κ2) is 7.49. The fourth-order valence-electron chi connectivity index (χ4n) is 2.05. The Hall–Kier alpha value is -2.50. The van der Waals surface area contributed by atoms with Gasteiger partial charge in [-0.15, -0.1) is 0 Å². The van der Waals surface area contributed by atoms with Gasteiger partial charge in [-0.05, 0) is 5.56 Å². The maximum absolute atomic E-state index is 11.8. The molecule has 1 aromatic rings. The largest absolute Gasteiger partial charge is 0.466 e. The number of rotatable bonds is 5. The van der Waals surface area contributed by atoms with Crippen LogP contribution in [0.25, 0.3) is 0 Å². The van der Waals surface area contributed by atoms with Crippen molar-refractivity contribution in [1.29, 1.82) is 0 Å². The van der Waals surface area contributed by atoms with Crippen molar-refractivity contribution in [2.75, 3.05) is 7.11 Å². The molecule has 0 aromatic heterocycles. The molecule has 0 saturated carbocycles. The standard InChI is InChI=1S/C16H18O6/c1-11(17)21-13-8-9-14(22-15(13)16(18)19-2)20-10-12-6-4-3-5-7-12/h3-7,9,13,15H,8,10H2,1-2H3/t13-,15-/m0/s1. The molecule has 0 spiro atoms. The van der Waals surface area contributed by atoms with Gasteiger partial charge in [-0.1, -0.05) is 30.3 Å². The summed E-state index contributed by atoms with van der Waals surface area (Å²) < 4.78 is 20.7. The third-order valence-corrected chi connectivity index (χ3v) is 3.07. The Balaban J connectivity index is 2.00. The van der Waals surface area contributed by atoms with Crippen LogP contribution in [-0.2, 0) is 35.1 Å². The quantitative estimate of drug-likeness (QED) is 0.774. The molecular formula is C16H18O6. The topological polar surface area (TPSA) is 71.1 Å². The predicted octanol–water partition coefficient (Wildman–Crippen LogP) is 1.94. The molecule has 1 aromatic carbocycles. The first-order valence-electron chi connectivity index (χ1n) is 6.88. The molecule has 1 heterocycles. The van der Waals surface area contributed by atoms with E-state index in [2.05, 4.69) is 4.74 Å². The van der Waals surface area contributed by atoms with Crippen molar-refractivity contribution in [3.8, 4) is 0 Å². The summed E-state index contributed by atoms with van der Waals surface area (Å²) in [6.07, 6.45) is 0.234. The average molecular weight is 306 g/mol. The van der Waals surface area contributed by atoms with Gasteiger partial charge in [-0.2, -0.15) is 0 Å². The molecule has 0 fully saturated rings. The van der Waals surface area contributed by atoms with E-state index in [1.165, 1.54) is 14.0 Å². The van der Waals surface area contributed by atoms with Crippen molar-refractivity contribution >= 4 is 11.9 Å². The maximum Gasteiger partial charge on any atom is 0.351 e. The fraction of sp³-hybridized carbons (Fsp3) is 0.375. The van der Waals surface area contributed by atoms with E-state index >= 15 is 0 Å². The van der Waals surface area contributed by atoms with E-state index in [1.807, 2.05) is 30.3 Å². The number of carbonyl (C=O) groups is 2. The van der Waals surface area contributed by atoms with Crippen molar-refractivity contribution in [1.82, 2.24) is 0 Å². The Kier molecular flexibility index (Phi) is 5.41. The minimum absolute atomic E-state index is 0.225. The third kappa shape index (κ3) is 4.25. The van der Waals surface area contributed by atoms with Crippen molar-refractivity contribution in [2.45, 2.75) is 32.2 Å². The van der Waals surface area contributed by atoms with Crippen LogP contribution in [0.15, 0.2) is 42.4 Å². The van der Waals surface area contributed by atoms with Crippen molar-refractivity contribution in [3.05, 3.63) is 47.9 Å². The third-order valence-electron chi connectivity index (χ3n) is 3.07. The highest BCUT2D eigenvalue weighted by Crippen LogP contribution is 2.23. The summed E-state index contributed by atoms with van der Waals surface area (Å²) in [5.74, 6) is -0.868. The van der Waals surface area contributed by atoms with Crippen molar-refractivity contribution < 1.29 is 28.5 Å². The van der Waals surface area contributed by atoms with E-state index in [4.69, 9.17) is 14.2 Å². The molecule has 0 N–H and O–H groups in total. The second-order valence-electron chi connectivity index (χ2n) is 4.74. The first kappa shape index (κ1) is 15.9. The Bertz CT molecular complexity index is 551. The average Bonchev–Trinajstić information content (AvgIpc) is 2.53. The van der Waals surface area contributed by atoms with Gasteiger partial charge in [0.25, 0.3) is 5.95 Å². The van der Waals surface area contributed by atoms with Crippen LogP contribution in [0.1, 0.15) is 18.9 Å². The summed E-state index contributed by atoms with van der Waals surface area (Å²) in [4.78, 5) is 22.8. The van der Waals surface area contributed by atoms with Gasteiger partial charge in [0.15, 0.2) is 6.10 Å². The summed E-state index contributed by atoms with van der Waals surface area (Å²) in [7, 11) is 1.25. The number of methoxy groups -OCH3 is 1. The van der Waals surface area contributed by atoms with E-state index in [1.54, 1.807) is 6.08 Å². The van der Waals surface area contributed by atoms with Gasteiger partial charge in [-0.3, -0.25) is 4.79 Å². The molecule has 0 unspecified atom stereocenters. The molecule has 0 aliphatic carbocycles. The van der Waals surface area contributed by atoms with Gasteiger partial charge >= 0.3 is 11.9 Å². The van der Waals surface area contributed by atoms with Crippen LogP contribution in [0.5, 0.6) is 0 Å². The lowest BCUT2D eigenvalue weighted by Gasteiger charge is -2.29. The zero-order valence-corrected chi connectivity index (χ0v) is 12.5. The first-order chi connectivity index (χ1) is 10.6. The molecule has 22 heavy (non-hydrogen) atoms. The van der Waals surface area contributed by atoms with Gasteiger partial charge in [0.1, 0.15) is 6.61 Å². The Morgan fingerprint density at radius 3 is 2.64 bits per heavy atom. The smallest absolute Gasteiger partial charge is 0.351 e. The zero-order chi connectivity index (χ0) is 15.9. The van der Waals surface area contributed by atoms with E-state index in [0.717, 1.165) is 5.56 Å². The molecule has 0 bridgehead atoms. The molecule has 1 aliphatic heterocycles. The summed E-state index contributed by atoms with van der Waals surface area (Å²) in [6.45, 7) is 1.60. The molecular weight excluding hydrogens is 288 g/mol. The van der Waals surface area contributed by atoms with Crippen LogP contribution in [0.3, 0.4) is 0 Å². The van der Waals surface area contributed by atoms with Gasteiger partial charge in [0.05, 0.1) is 7.11 Å². The lowest BCUT2D eigenvalue weighted by molar-refractivity contribution is -0.176. The fourth-order valence-corrected chi connectivity index (χ4v) is 2.05. The SMILES string of the molecule is COC(=O)[C@H]1OC(OCc2ccccc2)=CC[C@@H]1OC(C)=O. The number of benzene rings is 1. The zero-order valence-electron chi connectivity index (χ0n) is 12.5. The first-order valence-corrected chi connectivity index (χ1v) is 6.88. The number of hydrogen-bond donors (Lipinski definition) is 0. The molecule has 0 saturated heterocycles. The van der Waals surface area contributed by atoms with E-state index in [-0.39, 0.29) is 5.95 Å². The highest BCUT2D eigenvalue weighted by molar-refractivity contribution is 5.76. The molecule has 2 rings (SSSR count). The predicted molar refractivity (Wildman–Crippen MR) is 76.4 cm³/mol. The number of hydrogen-bond acceptors (Lipinski definition) is 6. The van der Waals surface area contributed by atoms with Crippen molar-refractivity contribution in [3.63, 3.8) is 0 Å². The Morgan fingerprint density at radius 2 is 2.00 bits per heavy atom. The maximum atomic E-state index is 11.8. The monoisotopic (exact) mass is 306 g/mol. The van der Waals surface area contributed by atoms with Crippen LogP contribution >= 0.6 is 0 Å². The van der Waals surface area contributed by atoms with E-state index in [0.29, 0.717) is 13.0 Å². The normalized spacial score (nSPS) is 20.4. The minimum atomic E-state index is -1.02. The van der Waals surface area contributed by atoms with Gasteiger partial charge in [-0.25, -0.2) is 4.79 Å². The molecule has 6 heteroatoms. The molecule has 0 amide bonds. The highest BCUT2D eigenvalue weighted by atomic mass is 16.7. The van der Waals surface area contributed by atoms with Gasteiger partial charge in [0, 0.05) is 19.4 Å². The van der Waals surface area contributed by atoms with Crippen LogP contribution < -0.4 is 0 Å². The van der Waals surface area contributed by atoms with Crippen LogP contribution in [0.4, 0.5) is 0 Å². The highest BCUT2D eigenvalue weighted by Gasteiger charge is 2.37. The summed E-state index contributed by atoms with van der Waals surface area (Å²) in [6, 6.07) is 9.56. The summed E-state index contributed by atoms with van der Waals surface area (Å²) >= 11 is 0. The molecule has 1 aliphatic rings. The van der Waals surface area contributed by atoms with Crippen LogP contribution in [-0.4, -0.2) is 31.3 Å². The lowest BCUT2D eigenvalue weighted by atomic mass is 10.1. The number of esters is 2. The van der Waals surface area contributed by atoms with E-state index < -0.39 is 24.1 Å². The van der Waals surface area contributed by atoms with Gasteiger partial charge < -0.3 is 18.9 Å². The number of ether oxygens (including phenoxy) is 4. The minimum Gasteiger partial charge on any atom is -0.466 e. The molecule has 6 nitrogen and oxygen atoms in total. The second-order valence-corrected chi connectivity index (χ2v) is 4.74. The Labute approximate surface area is 128 Å². The number of carbonyl (C=O) groups excluding carboxylic acids is 2. The lowest BCUT2D eigenvalue weighted by Crippen LogP contribution is -2.42. The van der Waals surface area contributed by atoms with Crippen LogP contribution in [0.2, 0.25) is 0 Å². The van der Waals surface area contributed by atoms with Crippen molar-refractivity contribution in [2.24, 2.45) is 0 Å². The molecule has 118 valence electrons. The van der Waals surface area contributed by atoms with Crippen LogP contribution in [0, 0.1) is 0 Å². The molecule has 0 radical (unpaired) electrons. The van der Waals surface area contributed by atoms with E-state index in [9.17, 15) is 9.59 Å². The van der Waals surface area contributed by atoms with Gasteiger partial charge in [0.2, 0.25) is 6.10 Å². The summed E-state index contributed by atoms with van der Waals surface area (Å²) in [5, 5.41) is 0. The summed E-state index contributed by atoms with van der Waals surface area (Å²) in [5.41, 5.74) is 0.976. The Morgan fingerprint density at radius 1 is 1.27 bits per heavy atom. The molecule has 2 atom stereocenters.